The fraction of sp³-hybridized carbons (Fsp3) is 0.357. The molecule has 2 unspecified atom stereocenters. The summed E-state index contributed by atoms with van der Waals surface area (Å²) in [5.41, 5.74) is -2.21. The van der Waals surface area contributed by atoms with Crippen LogP contribution in [0.25, 0.3) is 11.1 Å². The summed E-state index contributed by atoms with van der Waals surface area (Å²) in [5, 5.41) is 0. The fourth-order valence-corrected chi connectivity index (χ4v) is 4.36. The summed E-state index contributed by atoms with van der Waals surface area (Å²) in [6, 6.07) is 4.71. The second-order valence-electron chi connectivity index (χ2n) is 9.34. The lowest BCUT2D eigenvalue weighted by atomic mass is 9.95. The van der Waals surface area contributed by atoms with E-state index in [1.54, 1.807) is 0 Å². The maximum absolute atomic E-state index is 14.7. The van der Waals surface area contributed by atoms with Gasteiger partial charge in [0.2, 0.25) is 0 Å². The topological polar surface area (TPSA) is 27.7 Å². The number of hydrogen-bond donors (Lipinski definition) is 0. The van der Waals surface area contributed by atoms with Crippen LogP contribution in [-0.4, -0.2) is 18.8 Å². The maximum atomic E-state index is 14.7. The van der Waals surface area contributed by atoms with Crippen LogP contribution in [-0.2, 0) is 10.8 Å². The van der Waals surface area contributed by atoms with E-state index in [0.717, 1.165) is 25.0 Å². The van der Waals surface area contributed by atoms with Gasteiger partial charge in [-0.2, -0.15) is 17.6 Å². The molecule has 3 aromatic carbocycles. The van der Waals surface area contributed by atoms with Crippen molar-refractivity contribution in [3.8, 4) is 22.6 Å². The average molecular weight is 578 g/mol. The molecule has 40 heavy (non-hydrogen) atoms. The van der Waals surface area contributed by atoms with Gasteiger partial charge in [-0.15, -0.1) is 0 Å². The third-order valence-electron chi connectivity index (χ3n) is 6.45. The largest absolute Gasteiger partial charge is 0.432 e. The monoisotopic (exact) mass is 578 g/mol. The Bertz CT molecular complexity index is 1330. The Morgan fingerprint density at radius 3 is 1.98 bits per heavy atom. The van der Waals surface area contributed by atoms with Crippen molar-refractivity contribution < 1.29 is 53.7 Å². The van der Waals surface area contributed by atoms with E-state index in [4.69, 9.17) is 4.74 Å². The summed E-state index contributed by atoms with van der Waals surface area (Å²) < 4.78 is 143. The lowest BCUT2D eigenvalue weighted by Crippen LogP contribution is -2.41. The molecule has 0 spiro atoms. The van der Waals surface area contributed by atoms with Crippen molar-refractivity contribution in [3.05, 3.63) is 83.2 Å². The lowest BCUT2D eigenvalue weighted by molar-refractivity contribution is -0.241. The molecular formula is C28H23F9O3. The molecule has 1 aliphatic rings. The van der Waals surface area contributed by atoms with Crippen molar-refractivity contribution in [1.82, 2.24) is 0 Å². The minimum Gasteiger partial charge on any atom is -0.432 e. The Kier molecular flexibility index (Phi) is 8.57. The minimum atomic E-state index is -4.39. The number of benzene rings is 3. The highest BCUT2D eigenvalue weighted by molar-refractivity contribution is 5.65. The summed E-state index contributed by atoms with van der Waals surface area (Å²) >= 11 is 0. The van der Waals surface area contributed by atoms with Gasteiger partial charge in [-0.05, 0) is 61.2 Å². The van der Waals surface area contributed by atoms with Gasteiger partial charge < -0.3 is 14.2 Å². The highest BCUT2D eigenvalue weighted by Crippen LogP contribution is 2.39. The molecule has 0 saturated carbocycles. The van der Waals surface area contributed by atoms with Crippen molar-refractivity contribution in [1.29, 1.82) is 0 Å². The summed E-state index contributed by atoms with van der Waals surface area (Å²) in [6.07, 6.45) is -6.21. The predicted molar refractivity (Wildman–Crippen MR) is 126 cm³/mol. The van der Waals surface area contributed by atoms with E-state index in [1.165, 1.54) is 0 Å². The molecular weight excluding hydrogens is 555 g/mol. The molecule has 0 N–H and O–H groups in total. The molecule has 2 atom stereocenters. The van der Waals surface area contributed by atoms with E-state index in [0.29, 0.717) is 42.8 Å². The van der Waals surface area contributed by atoms with Crippen molar-refractivity contribution in [2.45, 2.75) is 50.9 Å². The molecule has 0 aliphatic carbocycles. The van der Waals surface area contributed by atoms with Gasteiger partial charge in [-0.25, -0.2) is 22.0 Å². The molecule has 0 bridgehead atoms. The van der Waals surface area contributed by atoms with Crippen molar-refractivity contribution >= 4 is 0 Å². The quantitative estimate of drug-likeness (QED) is 0.188. The van der Waals surface area contributed by atoms with E-state index >= 15 is 0 Å². The van der Waals surface area contributed by atoms with Crippen LogP contribution < -0.4 is 9.47 Å². The third-order valence-corrected chi connectivity index (χ3v) is 6.45. The van der Waals surface area contributed by atoms with Crippen LogP contribution in [0.4, 0.5) is 39.5 Å². The Hall–Kier alpha value is -3.41. The van der Waals surface area contributed by atoms with E-state index in [2.05, 4.69) is 9.47 Å². The van der Waals surface area contributed by atoms with Crippen LogP contribution >= 0.6 is 0 Å². The van der Waals surface area contributed by atoms with E-state index in [-0.39, 0.29) is 19.1 Å². The molecule has 1 aliphatic heterocycles. The maximum Gasteiger partial charge on any atom is 0.429 e. The molecule has 1 heterocycles. The van der Waals surface area contributed by atoms with Crippen LogP contribution in [0.5, 0.6) is 11.5 Å². The second-order valence-corrected chi connectivity index (χ2v) is 9.34. The van der Waals surface area contributed by atoms with E-state index < -0.39 is 75.4 Å². The van der Waals surface area contributed by atoms with E-state index in [1.807, 2.05) is 6.92 Å². The normalized spacial score (nSPS) is 18.1. The summed E-state index contributed by atoms with van der Waals surface area (Å²) in [5.74, 6) is -10.6. The van der Waals surface area contributed by atoms with Crippen LogP contribution in [0.3, 0.4) is 0 Å². The summed E-state index contributed by atoms with van der Waals surface area (Å²) in [7, 11) is 0. The molecule has 0 amide bonds. The smallest absolute Gasteiger partial charge is 0.429 e. The standard InChI is InChI=1S/C28H23F9O3/c1-2-3-17-5-4-16(14-38-17)27(34,35)39-19-7-9-21(23(30)13-19)28(36,37)40-18-6-8-20(22(29)12-18)15-10-24(31)26(33)25(32)11-15/h6-13,16-17H,2-5,14H2,1H3. The van der Waals surface area contributed by atoms with Gasteiger partial charge in [0.1, 0.15) is 28.7 Å². The second kappa shape index (κ2) is 11.6. The van der Waals surface area contributed by atoms with Gasteiger partial charge in [0, 0.05) is 17.7 Å². The van der Waals surface area contributed by atoms with E-state index in [9.17, 15) is 39.5 Å². The minimum absolute atomic E-state index is 0.102. The number of halogens is 9. The zero-order valence-electron chi connectivity index (χ0n) is 20.9. The van der Waals surface area contributed by atoms with Gasteiger partial charge in [0.25, 0.3) is 0 Å². The zero-order valence-corrected chi connectivity index (χ0v) is 20.9. The van der Waals surface area contributed by atoms with Crippen molar-refractivity contribution in [3.63, 3.8) is 0 Å². The van der Waals surface area contributed by atoms with Crippen LogP contribution in [0.1, 0.15) is 38.2 Å². The van der Waals surface area contributed by atoms with Gasteiger partial charge in [0.05, 0.1) is 18.6 Å². The first kappa shape index (κ1) is 29.6. The number of hydrogen-bond acceptors (Lipinski definition) is 3. The molecule has 0 aromatic heterocycles. The highest BCUT2D eigenvalue weighted by Gasteiger charge is 2.45. The van der Waals surface area contributed by atoms with Crippen molar-refractivity contribution in [2.24, 2.45) is 5.92 Å². The molecule has 4 rings (SSSR count). The molecule has 3 aromatic rings. The molecule has 1 fully saturated rings. The Balaban J connectivity index is 1.46. The molecule has 3 nitrogen and oxygen atoms in total. The van der Waals surface area contributed by atoms with Gasteiger partial charge in [-0.3, -0.25) is 0 Å². The molecule has 1 saturated heterocycles. The van der Waals surface area contributed by atoms with Gasteiger partial charge in [0.15, 0.2) is 17.5 Å². The summed E-state index contributed by atoms with van der Waals surface area (Å²) in [6.45, 7) is 1.67. The van der Waals surface area contributed by atoms with Crippen LogP contribution in [0.15, 0.2) is 48.5 Å². The first-order chi connectivity index (χ1) is 18.8. The average Bonchev–Trinajstić information content (AvgIpc) is 2.87. The lowest BCUT2D eigenvalue weighted by Gasteiger charge is -2.33. The van der Waals surface area contributed by atoms with Gasteiger partial charge >= 0.3 is 12.2 Å². The highest BCUT2D eigenvalue weighted by atomic mass is 19.3. The van der Waals surface area contributed by atoms with Gasteiger partial charge in [-0.1, -0.05) is 13.3 Å². The SMILES string of the molecule is CCCC1CCC(C(F)(F)Oc2ccc(C(F)(F)Oc3ccc(-c4cc(F)c(F)c(F)c4)c(F)c3)c(F)c2)CO1. The van der Waals surface area contributed by atoms with Crippen LogP contribution in [0.2, 0.25) is 0 Å². The number of ether oxygens (including phenoxy) is 3. The molecule has 12 heteroatoms. The fourth-order valence-electron chi connectivity index (χ4n) is 4.36. The Morgan fingerprint density at radius 1 is 0.775 bits per heavy atom. The Morgan fingerprint density at radius 2 is 1.40 bits per heavy atom. The predicted octanol–water partition coefficient (Wildman–Crippen LogP) is 8.74. The number of rotatable bonds is 9. The first-order valence-corrected chi connectivity index (χ1v) is 12.3. The molecule has 0 radical (unpaired) electrons. The third kappa shape index (κ3) is 6.48. The zero-order chi connectivity index (χ0) is 29.2. The first-order valence-electron chi connectivity index (χ1n) is 12.3. The summed E-state index contributed by atoms with van der Waals surface area (Å²) in [4.78, 5) is 0. The molecule has 216 valence electrons. The number of alkyl halides is 4. The van der Waals surface area contributed by atoms with Crippen LogP contribution in [0, 0.1) is 35.0 Å². The Labute approximate surface area is 223 Å². The van der Waals surface area contributed by atoms with Crippen molar-refractivity contribution in [2.75, 3.05) is 6.61 Å².